The quantitative estimate of drug-likeness (QED) is 0.360. The molecular weight excluding hydrogens is 338 g/mol. The summed E-state index contributed by atoms with van der Waals surface area (Å²) in [5.74, 6) is 0. The van der Waals surface area contributed by atoms with E-state index in [1.807, 2.05) is 0 Å². The number of nitrogens with zero attached hydrogens (tertiary/aromatic N) is 1. The topological polar surface area (TPSA) is 12.9 Å². The zero-order valence-electron chi connectivity index (χ0n) is 17.6. The van der Waals surface area contributed by atoms with Crippen LogP contribution in [0.5, 0.6) is 0 Å². The third-order valence-corrected chi connectivity index (χ3v) is 5.92. The summed E-state index contributed by atoms with van der Waals surface area (Å²) in [6, 6.07) is 19.5. The Morgan fingerprint density at radius 3 is 1.54 bits per heavy atom. The Bertz CT molecular complexity index is 1170. The molecule has 4 aromatic rings. The van der Waals surface area contributed by atoms with Crippen molar-refractivity contribution in [1.82, 2.24) is 4.98 Å². The molecule has 1 heteroatoms. The number of aromatic nitrogens is 1. The van der Waals surface area contributed by atoms with E-state index in [1.165, 1.54) is 55.5 Å². The molecule has 140 valence electrons. The first-order valence-corrected chi connectivity index (χ1v) is 9.93. The third-order valence-electron chi connectivity index (χ3n) is 5.92. The van der Waals surface area contributed by atoms with Gasteiger partial charge in [0, 0.05) is 16.5 Å². The van der Waals surface area contributed by atoms with Crippen LogP contribution in [0.25, 0.3) is 33.3 Å². The van der Waals surface area contributed by atoms with Gasteiger partial charge in [0.25, 0.3) is 0 Å². The molecule has 0 saturated heterocycles. The highest BCUT2D eigenvalue weighted by atomic mass is 14.7. The fraction of sp³-hybridized carbons (Fsp3) is 0.222. The van der Waals surface area contributed by atoms with E-state index in [1.54, 1.807) is 0 Å². The van der Waals surface area contributed by atoms with Gasteiger partial charge in [0.05, 0.1) is 11.2 Å². The molecule has 0 amide bonds. The van der Waals surface area contributed by atoms with Crippen LogP contribution >= 0.6 is 0 Å². The SMILES string of the molecule is Cc1cccc(C)c1-c1nc2cccc(C)c2c(C)c1-c1c(C)cccc1C. The second-order valence-corrected chi connectivity index (χ2v) is 7.96. The lowest BCUT2D eigenvalue weighted by atomic mass is 9.85. The monoisotopic (exact) mass is 365 g/mol. The van der Waals surface area contributed by atoms with Crippen LogP contribution in [0, 0.1) is 41.5 Å². The lowest BCUT2D eigenvalue weighted by Crippen LogP contribution is -2.01. The number of pyridine rings is 1. The summed E-state index contributed by atoms with van der Waals surface area (Å²) in [4.78, 5) is 5.25. The Morgan fingerprint density at radius 1 is 0.500 bits per heavy atom. The average Bonchev–Trinajstić information content (AvgIpc) is 2.63. The number of rotatable bonds is 2. The lowest BCUT2D eigenvalue weighted by Gasteiger charge is -2.21. The summed E-state index contributed by atoms with van der Waals surface area (Å²) in [6.45, 7) is 13.2. The summed E-state index contributed by atoms with van der Waals surface area (Å²) in [7, 11) is 0. The first-order valence-electron chi connectivity index (χ1n) is 9.93. The van der Waals surface area contributed by atoms with E-state index in [-0.39, 0.29) is 0 Å². The predicted molar refractivity (Wildman–Crippen MR) is 121 cm³/mol. The molecule has 4 rings (SSSR count). The summed E-state index contributed by atoms with van der Waals surface area (Å²) < 4.78 is 0. The van der Waals surface area contributed by atoms with Gasteiger partial charge in [-0.1, -0.05) is 48.5 Å². The molecule has 0 atom stereocenters. The average molecular weight is 366 g/mol. The molecule has 0 aliphatic heterocycles. The maximum absolute atomic E-state index is 5.25. The molecule has 0 N–H and O–H groups in total. The molecule has 0 spiro atoms. The summed E-state index contributed by atoms with van der Waals surface area (Å²) in [5.41, 5.74) is 13.8. The Kier molecular flexibility index (Phi) is 4.55. The zero-order chi connectivity index (χ0) is 20.0. The number of benzene rings is 3. The molecule has 3 aromatic carbocycles. The summed E-state index contributed by atoms with van der Waals surface area (Å²) >= 11 is 0. The van der Waals surface area contributed by atoms with E-state index in [0.717, 1.165) is 11.2 Å². The second-order valence-electron chi connectivity index (χ2n) is 7.96. The van der Waals surface area contributed by atoms with E-state index < -0.39 is 0 Å². The van der Waals surface area contributed by atoms with Crippen LogP contribution in [0.4, 0.5) is 0 Å². The molecule has 0 aliphatic rings. The zero-order valence-corrected chi connectivity index (χ0v) is 17.6. The molecule has 0 unspecified atom stereocenters. The number of hydrogen-bond donors (Lipinski definition) is 0. The maximum atomic E-state index is 5.25. The minimum absolute atomic E-state index is 1.07. The van der Waals surface area contributed by atoms with Crippen LogP contribution in [0.2, 0.25) is 0 Å². The van der Waals surface area contributed by atoms with Gasteiger partial charge >= 0.3 is 0 Å². The van der Waals surface area contributed by atoms with E-state index in [0.29, 0.717) is 0 Å². The van der Waals surface area contributed by atoms with Crippen molar-refractivity contribution in [1.29, 1.82) is 0 Å². The van der Waals surface area contributed by atoms with Crippen molar-refractivity contribution >= 4 is 10.9 Å². The molecule has 0 bridgehead atoms. The Labute approximate surface area is 168 Å². The van der Waals surface area contributed by atoms with E-state index >= 15 is 0 Å². The van der Waals surface area contributed by atoms with Crippen molar-refractivity contribution in [3.63, 3.8) is 0 Å². The molecule has 1 nitrogen and oxygen atoms in total. The van der Waals surface area contributed by atoms with Gasteiger partial charge in [-0.2, -0.15) is 0 Å². The lowest BCUT2D eigenvalue weighted by molar-refractivity contribution is 1.28. The van der Waals surface area contributed by atoms with Crippen molar-refractivity contribution in [3.8, 4) is 22.4 Å². The predicted octanol–water partition coefficient (Wildman–Crippen LogP) is 7.42. The molecule has 0 aliphatic carbocycles. The van der Waals surface area contributed by atoms with Crippen molar-refractivity contribution in [3.05, 3.63) is 88.0 Å². The van der Waals surface area contributed by atoms with Crippen LogP contribution in [-0.4, -0.2) is 4.98 Å². The van der Waals surface area contributed by atoms with Gasteiger partial charge < -0.3 is 0 Å². The van der Waals surface area contributed by atoms with Gasteiger partial charge in [-0.25, -0.2) is 4.98 Å². The number of hydrogen-bond acceptors (Lipinski definition) is 1. The smallest absolute Gasteiger partial charge is 0.0796 e. The standard InChI is InChI=1S/C27H27N/c1-16-10-7-11-17(2)23(16)26-21(6)25-20(5)14-9-15-22(25)28-27(26)24-18(3)12-8-13-19(24)4/h7-15H,1-6H3. The van der Waals surface area contributed by atoms with Crippen LogP contribution in [0.15, 0.2) is 54.6 Å². The molecule has 0 radical (unpaired) electrons. The Hall–Kier alpha value is -2.93. The number of aryl methyl sites for hydroxylation is 6. The first-order chi connectivity index (χ1) is 13.4. The van der Waals surface area contributed by atoms with Crippen LogP contribution < -0.4 is 0 Å². The van der Waals surface area contributed by atoms with Crippen LogP contribution in [-0.2, 0) is 0 Å². The molecule has 28 heavy (non-hydrogen) atoms. The fourth-order valence-electron chi connectivity index (χ4n) is 4.60. The first kappa shape index (κ1) is 18.4. The minimum Gasteiger partial charge on any atom is -0.247 e. The maximum Gasteiger partial charge on any atom is 0.0796 e. The van der Waals surface area contributed by atoms with E-state index in [4.69, 9.17) is 4.98 Å². The van der Waals surface area contributed by atoms with Gasteiger partial charge in [-0.15, -0.1) is 0 Å². The van der Waals surface area contributed by atoms with E-state index in [9.17, 15) is 0 Å². The van der Waals surface area contributed by atoms with E-state index in [2.05, 4.69) is 96.1 Å². The van der Waals surface area contributed by atoms with Crippen LogP contribution in [0.1, 0.15) is 33.4 Å². The Balaban J connectivity index is 2.25. The van der Waals surface area contributed by atoms with Crippen molar-refractivity contribution in [2.45, 2.75) is 41.5 Å². The second kappa shape index (κ2) is 6.91. The van der Waals surface area contributed by atoms with Gasteiger partial charge in [0.1, 0.15) is 0 Å². The highest BCUT2D eigenvalue weighted by Crippen LogP contribution is 2.42. The molecule has 1 heterocycles. The molecule has 0 fully saturated rings. The Morgan fingerprint density at radius 2 is 0.964 bits per heavy atom. The summed E-state index contributed by atoms with van der Waals surface area (Å²) in [5, 5.41) is 1.27. The fourth-order valence-corrected chi connectivity index (χ4v) is 4.60. The highest BCUT2D eigenvalue weighted by Gasteiger charge is 2.21. The molecule has 1 aromatic heterocycles. The highest BCUT2D eigenvalue weighted by molar-refractivity contribution is 5.99. The summed E-state index contributed by atoms with van der Waals surface area (Å²) in [6.07, 6.45) is 0. The van der Waals surface area contributed by atoms with Crippen molar-refractivity contribution < 1.29 is 0 Å². The largest absolute Gasteiger partial charge is 0.247 e. The van der Waals surface area contributed by atoms with Gasteiger partial charge in [0.15, 0.2) is 0 Å². The third kappa shape index (κ3) is 2.82. The normalized spacial score (nSPS) is 11.2. The minimum atomic E-state index is 1.07. The van der Waals surface area contributed by atoms with Gasteiger partial charge in [-0.05, 0) is 86.6 Å². The molecule has 0 saturated carbocycles. The van der Waals surface area contributed by atoms with Crippen molar-refractivity contribution in [2.75, 3.05) is 0 Å². The van der Waals surface area contributed by atoms with Gasteiger partial charge in [0.2, 0.25) is 0 Å². The van der Waals surface area contributed by atoms with Crippen LogP contribution in [0.3, 0.4) is 0 Å². The number of fused-ring (bicyclic) bond motifs is 1. The van der Waals surface area contributed by atoms with Crippen molar-refractivity contribution in [2.24, 2.45) is 0 Å². The molecular formula is C27H27N. The van der Waals surface area contributed by atoms with Gasteiger partial charge in [-0.3, -0.25) is 0 Å².